The first-order valence-corrected chi connectivity index (χ1v) is 7.93. The molecule has 0 unspecified atom stereocenters. The highest BCUT2D eigenvalue weighted by atomic mass is 14.3. The van der Waals surface area contributed by atoms with Crippen molar-refractivity contribution in [3.63, 3.8) is 0 Å². The molecule has 1 aliphatic rings. The van der Waals surface area contributed by atoms with Crippen molar-refractivity contribution in [2.24, 2.45) is 17.3 Å². The van der Waals surface area contributed by atoms with Crippen LogP contribution in [0.15, 0.2) is 30.3 Å². The Labute approximate surface area is 120 Å². The topological polar surface area (TPSA) is 0 Å². The smallest absolute Gasteiger partial charge is 0.0256 e. The van der Waals surface area contributed by atoms with Gasteiger partial charge in [-0.25, -0.2) is 0 Å². The molecule has 1 aliphatic carbocycles. The highest BCUT2D eigenvalue weighted by Gasteiger charge is 2.26. The van der Waals surface area contributed by atoms with Crippen molar-refractivity contribution in [1.82, 2.24) is 0 Å². The molecule has 1 saturated carbocycles. The van der Waals surface area contributed by atoms with Gasteiger partial charge >= 0.3 is 0 Å². The first kappa shape index (κ1) is 16.3. The Bertz CT molecular complexity index is 323. The fourth-order valence-corrected chi connectivity index (χ4v) is 2.88. The summed E-state index contributed by atoms with van der Waals surface area (Å²) in [4.78, 5) is 0. The predicted molar refractivity (Wildman–Crippen MR) is 86.4 cm³/mol. The summed E-state index contributed by atoms with van der Waals surface area (Å²) in [6, 6.07) is 10.6. The molecule has 0 aromatic heterocycles. The summed E-state index contributed by atoms with van der Waals surface area (Å²) < 4.78 is 0. The summed E-state index contributed by atoms with van der Waals surface area (Å²) in [6.07, 6.45) is 7.09. The van der Waals surface area contributed by atoms with Crippen LogP contribution in [0.4, 0.5) is 0 Å². The standard InChI is InChI=1S/C10H14.C9H18/c1-9(2)8-10-6-4-3-5-7-10;1-9(2,3)8-6-4-5-7-8/h3-7,9H,8H2,1-2H3;8H,4-7H2,1-3H3. The highest BCUT2D eigenvalue weighted by Crippen LogP contribution is 2.38. The number of hydrogen-bond acceptors (Lipinski definition) is 0. The third-order valence-corrected chi connectivity index (χ3v) is 4.07. The van der Waals surface area contributed by atoms with E-state index < -0.39 is 0 Å². The molecule has 1 aromatic rings. The largest absolute Gasteiger partial charge is 0.0625 e. The summed E-state index contributed by atoms with van der Waals surface area (Å²) in [5, 5.41) is 0. The maximum atomic E-state index is 2.36. The molecule has 0 saturated heterocycles. The minimum Gasteiger partial charge on any atom is -0.0625 e. The second kappa shape index (κ2) is 7.72. The van der Waals surface area contributed by atoms with Crippen molar-refractivity contribution >= 4 is 0 Å². The van der Waals surface area contributed by atoms with Crippen LogP contribution in [0.25, 0.3) is 0 Å². The van der Waals surface area contributed by atoms with E-state index in [2.05, 4.69) is 65.0 Å². The van der Waals surface area contributed by atoms with Crippen LogP contribution in [-0.2, 0) is 6.42 Å². The van der Waals surface area contributed by atoms with E-state index >= 15 is 0 Å². The summed E-state index contributed by atoms with van der Waals surface area (Å²) in [5.74, 6) is 1.78. The summed E-state index contributed by atoms with van der Waals surface area (Å²) >= 11 is 0. The molecule has 0 heterocycles. The lowest BCUT2D eigenvalue weighted by molar-refractivity contribution is 0.246. The van der Waals surface area contributed by atoms with E-state index in [1.807, 2.05) is 0 Å². The fourth-order valence-electron chi connectivity index (χ4n) is 2.88. The van der Waals surface area contributed by atoms with E-state index in [4.69, 9.17) is 0 Å². The highest BCUT2D eigenvalue weighted by molar-refractivity contribution is 5.14. The van der Waals surface area contributed by atoms with Gasteiger partial charge in [-0.2, -0.15) is 0 Å². The van der Waals surface area contributed by atoms with Gasteiger partial charge in [0.15, 0.2) is 0 Å². The Kier molecular flexibility index (Phi) is 6.62. The second-order valence-electron chi connectivity index (χ2n) is 7.43. The molecule has 0 spiro atoms. The van der Waals surface area contributed by atoms with Gasteiger partial charge in [-0.05, 0) is 42.1 Å². The van der Waals surface area contributed by atoms with Gasteiger partial charge in [0.05, 0.1) is 0 Å². The molecule has 0 heteroatoms. The Balaban J connectivity index is 0.000000191. The van der Waals surface area contributed by atoms with Gasteiger partial charge in [0.25, 0.3) is 0 Å². The summed E-state index contributed by atoms with van der Waals surface area (Å²) in [5.41, 5.74) is 2.02. The van der Waals surface area contributed by atoms with Gasteiger partial charge < -0.3 is 0 Å². The van der Waals surface area contributed by atoms with Crippen molar-refractivity contribution in [1.29, 1.82) is 0 Å². The van der Waals surface area contributed by atoms with E-state index in [0.717, 1.165) is 11.8 Å². The maximum Gasteiger partial charge on any atom is -0.0256 e. The van der Waals surface area contributed by atoms with E-state index in [9.17, 15) is 0 Å². The minimum atomic E-state index is 0.580. The zero-order valence-electron chi connectivity index (χ0n) is 13.6. The molecule has 19 heavy (non-hydrogen) atoms. The van der Waals surface area contributed by atoms with Crippen LogP contribution in [-0.4, -0.2) is 0 Å². The van der Waals surface area contributed by atoms with Crippen LogP contribution in [0, 0.1) is 17.3 Å². The van der Waals surface area contributed by atoms with Crippen LogP contribution in [0.3, 0.4) is 0 Å². The van der Waals surface area contributed by atoms with Crippen LogP contribution in [0.2, 0.25) is 0 Å². The third kappa shape index (κ3) is 6.80. The SMILES string of the molecule is CC(C)(C)C1CCCC1.CC(C)Cc1ccccc1. The molecule has 2 rings (SSSR count). The third-order valence-electron chi connectivity index (χ3n) is 4.07. The normalized spacial score (nSPS) is 16.3. The molecule has 1 aromatic carbocycles. The molecule has 0 radical (unpaired) electrons. The number of hydrogen-bond donors (Lipinski definition) is 0. The Morgan fingerprint density at radius 3 is 1.89 bits per heavy atom. The average molecular weight is 260 g/mol. The van der Waals surface area contributed by atoms with Gasteiger partial charge in [-0.3, -0.25) is 0 Å². The predicted octanol–water partition coefficient (Wildman–Crippen LogP) is 6.11. The van der Waals surface area contributed by atoms with Crippen LogP contribution < -0.4 is 0 Å². The lowest BCUT2D eigenvalue weighted by Gasteiger charge is -2.26. The zero-order valence-corrected chi connectivity index (χ0v) is 13.6. The first-order valence-electron chi connectivity index (χ1n) is 7.93. The molecular formula is C19H32. The average Bonchev–Trinajstić information content (AvgIpc) is 2.83. The van der Waals surface area contributed by atoms with E-state index in [0.29, 0.717) is 5.41 Å². The lowest BCUT2D eigenvalue weighted by atomic mass is 9.80. The molecule has 0 aliphatic heterocycles. The first-order chi connectivity index (χ1) is 8.89. The van der Waals surface area contributed by atoms with Crippen LogP contribution in [0.1, 0.15) is 65.9 Å². The summed E-state index contributed by atoms with van der Waals surface area (Å²) in [7, 11) is 0. The van der Waals surface area contributed by atoms with E-state index in [1.54, 1.807) is 0 Å². The Morgan fingerprint density at radius 1 is 1.00 bits per heavy atom. The van der Waals surface area contributed by atoms with Crippen LogP contribution in [0.5, 0.6) is 0 Å². The Morgan fingerprint density at radius 2 is 1.53 bits per heavy atom. The molecule has 0 bridgehead atoms. The van der Waals surface area contributed by atoms with E-state index in [1.165, 1.54) is 37.7 Å². The molecule has 108 valence electrons. The van der Waals surface area contributed by atoms with E-state index in [-0.39, 0.29) is 0 Å². The van der Waals surface area contributed by atoms with Crippen molar-refractivity contribution in [3.8, 4) is 0 Å². The monoisotopic (exact) mass is 260 g/mol. The molecular weight excluding hydrogens is 228 g/mol. The molecule has 0 nitrogen and oxygen atoms in total. The Hall–Kier alpha value is -0.780. The second-order valence-corrected chi connectivity index (χ2v) is 7.43. The molecule has 0 amide bonds. The van der Waals surface area contributed by atoms with Gasteiger partial charge in [0, 0.05) is 0 Å². The summed E-state index contributed by atoms with van der Waals surface area (Å²) in [6.45, 7) is 11.6. The zero-order chi connectivity index (χ0) is 14.3. The van der Waals surface area contributed by atoms with Gasteiger partial charge in [-0.15, -0.1) is 0 Å². The van der Waals surface area contributed by atoms with Crippen molar-refractivity contribution in [3.05, 3.63) is 35.9 Å². The van der Waals surface area contributed by atoms with Crippen molar-refractivity contribution in [2.75, 3.05) is 0 Å². The molecule has 0 N–H and O–H groups in total. The number of rotatable bonds is 2. The minimum absolute atomic E-state index is 0.580. The lowest BCUT2D eigenvalue weighted by Crippen LogP contribution is -2.16. The molecule has 0 atom stereocenters. The maximum absolute atomic E-state index is 2.36. The number of benzene rings is 1. The van der Waals surface area contributed by atoms with Gasteiger partial charge in [-0.1, -0.05) is 77.8 Å². The van der Waals surface area contributed by atoms with Crippen LogP contribution >= 0.6 is 0 Å². The fraction of sp³-hybridized carbons (Fsp3) is 0.684. The van der Waals surface area contributed by atoms with Gasteiger partial charge in [0.1, 0.15) is 0 Å². The van der Waals surface area contributed by atoms with Gasteiger partial charge in [0.2, 0.25) is 0 Å². The van der Waals surface area contributed by atoms with Crippen molar-refractivity contribution in [2.45, 2.75) is 66.7 Å². The van der Waals surface area contributed by atoms with Crippen molar-refractivity contribution < 1.29 is 0 Å². The molecule has 1 fully saturated rings. The quantitative estimate of drug-likeness (QED) is 0.602.